The molecule has 4 heterocycles. The molecule has 2 N–H and O–H groups in total. The summed E-state index contributed by atoms with van der Waals surface area (Å²) in [7, 11) is -3.70. The van der Waals surface area contributed by atoms with Crippen molar-refractivity contribution in [2.45, 2.75) is 17.7 Å². The number of sulfonamides is 1. The number of aromatic nitrogens is 4. The number of fused-ring (bicyclic) bond motifs is 2. The monoisotopic (exact) mass is 466 g/mol. The molecule has 1 fully saturated rings. The molecule has 0 saturated carbocycles. The van der Waals surface area contributed by atoms with E-state index in [1.165, 1.54) is 10.5 Å². The summed E-state index contributed by atoms with van der Waals surface area (Å²) in [6.07, 6.45) is 3.55. The van der Waals surface area contributed by atoms with Gasteiger partial charge in [0.15, 0.2) is 0 Å². The lowest BCUT2D eigenvalue weighted by Crippen LogP contribution is -2.50. The van der Waals surface area contributed by atoms with E-state index >= 15 is 0 Å². The SMILES string of the molecule is O=C(CCc1nc2ccccc2c(=O)[nH]1)N1CCN(S(=O)(=O)c2c[nH]c3ncccc23)CC1. The van der Waals surface area contributed by atoms with Crippen LogP contribution in [-0.4, -0.2) is 69.6 Å². The molecule has 0 aliphatic carbocycles. The molecule has 0 spiro atoms. The molecule has 1 aliphatic rings. The number of aromatic amines is 2. The number of hydrogen-bond acceptors (Lipinski definition) is 6. The number of para-hydroxylation sites is 1. The molecule has 4 aromatic rings. The van der Waals surface area contributed by atoms with E-state index in [2.05, 4.69) is 19.9 Å². The van der Waals surface area contributed by atoms with Crippen molar-refractivity contribution >= 4 is 37.9 Å². The van der Waals surface area contributed by atoms with Crippen LogP contribution in [-0.2, 0) is 21.2 Å². The van der Waals surface area contributed by atoms with Crippen LogP contribution in [0.3, 0.4) is 0 Å². The number of pyridine rings is 1. The highest BCUT2D eigenvalue weighted by molar-refractivity contribution is 7.89. The second kappa shape index (κ2) is 8.41. The quantitative estimate of drug-likeness (QED) is 0.455. The zero-order valence-corrected chi connectivity index (χ0v) is 18.5. The van der Waals surface area contributed by atoms with Gasteiger partial charge in [-0.1, -0.05) is 12.1 Å². The highest BCUT2D eigenvalue weighted by Crippen LogP contribution is 2.25. The van der Waals surface area contributed by atoms with Crippen LogP contribution in [0.1, 0.15) is 12.2 Å². The second-order valence-electron chi connectivity index (χ2n) is 7.87. The summed E-state index contributed by atoms with van der Waals surface area (Å²) >= 11 is 0. The fraction of sp³-hybridized carbons (Fsp3) is 0.273. The maximum atomic E-state index is 13.1. The summed E-state index contributed by atoms with van der Waals surface area (Å²) in [5.41, 5.74) is 0.884. The lowest BCUT2D eigenvalue weighted by Gasteiger charge is -2.34. The molecule has 1 aliphatic heterocycles. The number of amides is 1. The van der Waals surface area contributed by atoms with E-state index in [1.807, 2.05) is 6.07 Å². The van der Waals surface area contributed by atoms with Crippen LogP contribution in [0.2, 0.25) is 0 Å². The Balaban J connectivity index is 1.22. The third-order valence-electron chi connectivity index (χ3n) is 5.86. The number of carbonyl (C=O) groups is 1. The van der Waals surface area contributed by atoms with Gasteiger partial charge >= 0.3 is 0 Å². The molecular formula is C22H22N6O4S. The summed E-state index contributed by atoms with van der Waals surface area (Å²) in [4.78, 5) is 40.9. The number of aryl methyl sites for hydroxylation is 1. The first kappa shape index (κ1) is 21.3. The van der Waals surface area contributed by atoms with Gasteiger partial charge in [0.25, 0.3) is 5.56 Å². The van der Waals surface area contributed by atoms with E-state index in [9.17, 15) is 18.0 Å². The molecule has 5 rings (SSSR count). The number of hydrogen-bond donors (Lipinski definition) is 2. The molecule has 1 aromatic carbocycles. The molecule has 11 heteroatoms. The Labute approximate surface area is 189 Å². The lowest BCUT2D eigenvalue weighted by molar-refractivity contribution is -0.132. The minimum atomic E-state index is -3.70. The van der Waals surface area contributed by atoms with E-state index in [0.29, 0.717) is 47.3 Å². The zero-order valence-electron chi connectivity index (χ0n) is 17.7. The van der Waals surface area contributed by atoms with Gasteiger partial charge in [0.1, 0.15) is 16.4 Å². The normalized spacial score (nSPS) is 15.3. The van der Waals surface area contributed by atoms with E-state index in [1.54, 1.807) is 41.4 Å². The number of piperazine rings is 1. The third-order valence-corrected chi connectivity index (χ3v) is 7.80. The van der Waals surface area contributed by atoms with Gasteiger partial charge in [0.2, 0.25) is 15.9 Å². The molecule has 0 radical (unpaired) electrons. The standard InChI is InChI=1S/C22H22N6O4S/c29-20(8-7-19-25-17-6-2-1-4-15(17)22(30)26-19)27-10-12-28(13-11-27)33(31,32)18-14-24-21-16(18)5-3-9-23-21/h1-6,9,14H,7-8,10-13H2,(H,23,24)(H,25,26,30). The Kier molecular flexibility index (Phi) is 5.43. The van der Waals surface area contributed by atoms with Crippen LogP contribution >= 0.6 is 0 Å². The van der Waals surface area contributed by atoms with Crippen molar-refractivity contribution in [3.05, 3.63) is 65.0 Å². The number of nitrogens with zero attached hydrogens (tertiary/aromatic N) is 4. The zero-order chi connectivity index (χ0) is 23.0. The lowest BCUT2D eigenvalue weighted by atomic mass is 10.2. The Morgan fingerprint density at radius 3 is 2.61 bits per heavy atom. The van der Waals surface area contributed by atoms with Gasteiger partial charge in [0.05, 0.1) is 10.9 Å². The molecule has 170 valence electrons. The molecule has 1 saturated heterocycles. The number of nitrogens with one attached hydrogen (secondary N) is 2. The Bertz CT molecular complexity index is 1500. The first-order valence-electron chi connectivity index (χ1n) is 10.6. The highest BCUT2D eigenvalue weighted by Gasteiger charge is 2.31. The van der Waals surface area contributed by atoms with E-state index in [-0.39, 0.29) is 35.9 Å². The van der Waals surface area contributed by atoms with Gasteiger partial charge in [-0.2, -0.15) is 4.31 Å². The molecular weight excluding hydrogens is 444 g/mol. The number of carbonyl (C=O) groups excluding carboxylic acids is 1. The van der Waals surface area contributed by atoms with Crippen LogP contribution in [0.4, 0.5) is 0 Å². The average Bonchev–Trinajstić information content (AvgIpc) is 3.28. The second-order valence-corrected chi connectivity index (χ2v) is 9.77. The van der Waals surface area contributed by atoms with Crippen molar-refractivity contribution in [2.75, 3.05) is 26.2 Å². The summed E-state index contributed by atoms with van der Waals surface area (Å²) in [6, 6.07) is 10.5. The van der Waals surface area contributed by atoms with Gasteiger partial charge in [-0.15, -0.1) is 0 Å². The molecule has 1 amide bonds. The molecule has 33 heavy (non-hydrogen) atoms. The van der Waals surface area contributed by atoms with Crippen molar-refractivity contribution in [1.29, 1.82) is 0 Å². The van der Waals surface area contributed by atoms with Crippen LogP contribution in [0, 0.1) is 0 Å². The van der Waals surface area contributed by atoms with Crippen LogP contribution < -0.4 is 5.56 Å². The Morgan fingerprint density at radius 2 is 1.79 bits per heavy atom. The predicted molar refractivity (Wildman–Crippen MR) is 122 cm³/mol. The number of H-pyrrole nitrogens is 2. The third kappa shape index (κ3) is 4.00. The number of rotatable bonds is 5. The van der Waals surface area contributed by atoms with E-state index in [4.69, 9.17) is 0 Å². The summed E-state index contributed by atoms with van der Waals surface area (Å²) in [5.74, 6) is 0.361. The number of benzene rings is 1. The first-order chi connectivity index (χ1) is 15.9. The smallest absolute Gasteiger partial charge is 0.258 e. The largest absolute Gasteiger partial charge is 0.345 e. The van der Waals surface area contributed by atoms with Crippen LogP contribution in [0.15, 0.2) is 58.5 Å². The van der Waals surface area contributed by atoms with Gasteiger partial charge < -0.3 is 14.9 Å². The van der Waals surface area contributed by atoms with Crippen molar-refractivity contribution in [3.8, 4) is 0 Å². The fourth-order valence-electron chi connectivity index (χ4n) is 4.10. The van der Waals surface area contributed by atoms with Crippen molar-refractivity contribution in [1.82, 2.24) is 29.1 Å². The fourth-order valence-corrected chi connectivity index (χ4v) is 5.67. The highest BCUT2D eigenvalue weighted by atomic mass is 32.2. The molecule has 3 aromatic heterocycles. The van der Waals surface area contributed by atoms with Gasteiger partial charge in [-0.25, -0.2) is 18.4 Å². The molecule has 10 nitrogen and oxygen atoms in total. The molecule has 0 unspecified atom stereocenters. The minimum absolute atomic E-state index is 0.0980. The Hall–Kier alpha value is -3.57. The summed E-state index contributed by atoms with van der Waals surface area (Å²) in [6.45, 7) is 1.04. The van der Waals surface area contributed by atoms with Crippen LogP contribution in [0.25, 0.3) is 21.9 Å². The molecule has 0 bridgehead atoms. The van der Waals surface area contributed by atoms with E-state index in [0.717, 1.165) is 0 Å². The van der Waals surface area contributed by atoms with Gasteiger partial charge in [0, 0.05) is 56.8 Å². The maximum Gasteiger partial charge on any atom is 0.258 e. The summed E-state index contributed by atoms with van der Waals surface area (Å²) in [5, 5.41) is 1.06. The molecule has 0 atom stereocenters. The van der Waals surface area contributed by atoms with Crippen molar-refractivity contribution in [3.63, 3.8) is 0 Å². The topological polar surface area (TPSA) is 132 Å². The predicted octanol–water partition coefficient (Wildman–Crippen LogP) is 1.27. The van der Waals surface area contributed by atoms with Gasteiger partial charge in [-0.05, 0) is 24.3 Å². The van der Waals surface area contributed by atoms with Crippen molar-refractivity contribution < 1.29 is 13.2 Å². The average molecular weight is 467 g/mol. The Morgan fingerprint density at radius 1 is 1.03 bits per heavy atom. The summed E-state index contributed by atoms with van der Waals surface area (Å²) < 4.78 is 27.6. The minimum Gasteiger partial charge on any atom is -0.345 e. The van der Waals surface area contributed by atoms with Crippen LogP contribution in [0.5, 0.6) is 0 Å². The maximum absolute atomic E-state index is 13.1. The van der Waals surface area contributed by atoms with Crippen molar-refractivity contribution in [2.24, 2.45) is 0 Å². The van der Waals surface area contributed by atoms with E-state index < -0.39 is 10.0 Å². The van der Waals surface area contributed by atoms with Gasteiger partial charge in [-0.3, -0.25) is 9.59 Å². The first-order valence-corrected chi connectivity index (χ1v) is 12.1.